The van der Waals surface area contributed by atoms with Gasteiger partial charge >= 0.3 is 6.03 Å². The zero-order valence-electron chi connectivity index (χ0n) is 11.4. The minimum Gasteiger partial charge on any atom is -0.338 e. The van der Waals surface area contributed by atoms with E-state index in [1.165, 1.54) is 12.1 Å². The van der Waals surface area contributed by atoms with Gasteiger partial charge in [0.1, 0.15) is 5.82 Å². The number of benzene rings is 2. The lowest BCUT2D eigenvalue weighted by molar-refractivity contribution is 0.240. The first kappa shape index (κ1) is 15.3. The monoisotopic (exact) mass is 306 g/mol. The summed E-state index contributed by atoms with van der Waals surface area (Å²) in [5.74, 6) is -0.289. The maximum atomic E-state index is 12.7. The molecule has 3 nitrogen and oxygen atoms in total. The van der Waals surface area contributed by atoms with Gasteiger partial charge in [-0.15, -0.1) is 0 Å². The van der Waals surface area contributed by atoms with Crippen LogP contribution in [-0.4, -0.2) is 12.6 Å². The topological polar surface area (TPSA) is 41.1 Å². The molecule has 0 saturated heterocycles. The third-order valence-electron chi connectivity index (χ3n) is 3.00. The third kappa shape index (κ3) is 5.08. The maximum absolute atomic E-state index is 12.7. The van der Waals surface area contributed by atoms with Gasteiger partial charge in [-0.05, 0) is 35.7 Å². The van der Waals surface area contributed by atoms with E-state index in [4.69, 9.17) is 11.6 Å². The Morgan fingerprint density at radius 1 is 1.05 bits per heavy atom. The van der Waals surface area contributed by atoms with Gasteiger partial charge in [-0.25, -0.2) is 9.18 Å². The van der Waals surface area contributed by atoms with E-state index >= 15 is 0 Å². The summed E-state index contributed by atoms with van der Waals surface area (Å²) in [5.41, 5.74) is 1.84. The molecule has 0 aliphatic heterocycles. The number of hydrogen-bond acceptors (Lipinski definition) is 1. The number of halogens is 2. The molecule has 21 heavy (non-hydrogen) atoms. The second-order valence-electron chi connectivity index (χ2n) is 4.58. The predicted molar refractivity (Wildman–Crippen MR) is 81.8 cm³/mol. The Hall–Kier alpha value is -2.07. The molecule has 2 amide bonds. The molecule has 110 valence electrons. The normalized spacial score (nSPS) is 10.2. The van der Waals surface area contributed by atoms with Gasteiger partial charge in [-0.2, -0.15) is 0 Å². The molecule has 2 rings (SSSR count). The summed E-state index contributed by atoms with van der Waals surface area (Å²) in [6, 6.07) is 13.3. The van der Waals surface area contributed by atoms with Gasteiger partial charge in [-0.1, -0.05) is 41.9 Å². The molecule has 0 saturated carbocycles. The largest absolute Gasteiger partial charge is 0.338 e. The lowest BCUT2D eigenvalue weighted by atomic mass is 10.1. The van der Waals surface area contributed by atoms with Crippen molar-refractivity contribution in [3.8, 4) is 0 Å². The lowest BCUT2D eigenvalue weighted by Gasteiger charge is -2.08. The summed E-state index contributed by atoms with van der Waals surface area (Å²) in [5, 5.41) is 6.17. The molecule has 0 atom stereocenters. The number of hydrogen-bond donors (Lipinski definition) is 2. The molecule has 0 unspecified atom stereocenters. The van der Waals surface area contributed by atoms with Gasteiger partial charge < -0.3 is 10.6 Å². The summed E-state index contributed by atoms with van der Waals surface area (Å²) in [4.78, 5) is 11.6. The SMILES string of the molecule is O=C(NCCc1ccccc1Cl)NCc1ccc(F)cc1. The highest BCUT2D eigenvalue weighted by molar-refractivity contribution is 6.31. The standard InChI is InChI=1S/C16H16ClFN2O/c17-15-4-2-1-3-13(15)9-10-19-16(21)20-11-12-5-7-14(18)8-6-12/h1-8H,9-11H2,(H2,19,20,21). The van der Waals surface area contributed by atoms with Crippen LogP contribution >= 0.6 is 11.6 Å². The van der Waals surface area contributed by atoms with Crippen molar-refractivity contribution in [3.05, 3.63) is 70.5 Å². The van der Waals surface area contributed by atoms with Crippen LogP contribution < -0.4 is 10.6 Å². The molecule has 0 fully saturated rings. The summed E-state index contributed by atoms with van der Waals surface area (Å²) < 4.78 is 12.7. The first-order valence-corrected chi connectivity index (χ1v) is 7.02. The van der Waals surface area contributed by atoms with E-state index in [2.05, 4.69) is 10.6 Å². The van der Waals surface area contributed by atoms with Crippen molar-refractivity contribution >= 4 is 17.6 Å². The molecule has 0 aliphatic carbocycles. The Morgan fingerprint density at radius 3 is 2.48 bits per heavy atom. The smallest absolute Gasteiger partial charge is 0.315 e. The van der Waals surface area contributed by atoms with E-state index in [1.54, 1.807) is 12.1 Å². The molecule has 0 aromatic heterocycles. The van der Waals surface area contributed by atoms with Gasteiger partial charge in [0.05, 0.1) is 0 Å². The fourth-order valence-electron chi connectivity index (χ4n) is 1.86. The molecule has 0 bridgehead atoms. The predicted octanol–water partition coefficient (Wildman–Crippen LogP) is 3.52. The minimum absolute atomic E-state index is 0.258. The Bertz CT molecular complexity index is 601. The van der Waals surface area contributed by atoms with Crippen molar-refractivity contribution < 1.29 is 9.18 Å². The first-order chi connectivity index (χ1) is 10.1. The Kier molecular flexibility index (Phi) is 5.58. The van der Waals surface area contributed by atoms with Crippen LogP contribution in [0.15, 0.2) is 48.5 Å². The van der Waals surface area contributed by atoms with E-state index in [0.29, 0.717) is 24.5 Å². The molecule has 2 aromatic rings. The van der Waals surface area contributed by atoms with Crippen molar-refractivity contribution in [2.75, 3.05) is 6.54 Å². The van der Waals surface area contributed by atoms with Crippen LogP contribution in [0.3, 0.4) is 0 Å². The maximum Gasteiger partial charge on any atom is 0.315 e. The van der Waals surface area contributed by atoms with Crippen LogP contribution in [0.1, 0.15) is 11.1 Å². The Labute approximate surface area is 128 Å². The number of amides is 2. The van der Waals surface area contributed by atoms with Crippen LogP contribution in [0, 0.1) is 5.82 Å². The van der Waals surface area contributed by atoms with Crippen molar-refractivity contribution in [1.82, 2.24) is 10.6 Å². The van der Waals surface area contributed by atoms with E-state index < -0.39 is 0 Å². The number of nitrogens with one attached hydrogen (secondary N) is 2. The van der Waals surface area contributed by atoms with E-state index in [0.717, 1.165) is 11.1 Å². The molecule has 2 aromatic carbocycles. The third-order valence-corrected chi connectivity index (χ3v) is 3.37. The van der Waals surface area contributed by atoms with Crippen LogP contribution in [-0.2, 0) is 13.0 Å². The van der Waals surface area contributed by atoms with Crippen molar-refractivity contribution in [3.63, 3.8) is 0 Å². The molecule has 2 N–H and O–H groups in total. The van der Waals surface area contributed by atoms with Crippen molar-refractivity contribution in [2.24, 2.45) is 0 Å². The fraction of sp³-hybridized carbons (Fsp3) is 0.188. The number of carbonyl (C=O) groups excluding carboxylic acids is 1. The molecule has 5 heteroatoms. The molecular formula is C16H16ClFN2O. The second kappa shape index (κ2) is 7.64. The Balaban J connectivity index is 1.70. The van der Waals surface area contributed by atoms with E-state index in [9.17, 15) is 9.18 Å². The molecule has 0 aliphatic rings. The van der Waals surface area contributed by atoms with Gasteiger partial charge in [-0.3, -0.25) is 0 Å². The molecule has 0 radical (unpaired) electrons. The highest BCUT2D eigenvalue weighted by atomic mass is 35.5. The summed E-state index contributed by atoms with van der Waals surface area (Å²) in [6.45, 7) is 0.858. The van der Waals surface area contributed by atoms with Crippen LogP contribution in [0.5, 0.6) is 0 Å². The van der Waals surface area contributed by atoms with Gasteiger partial charge in [0.15, 0.2) is 0 Å². The average molecular weight is 307 g/mol. The van der Waals surface area contributed by atoms with Crippen LogP contribution in [0.4, 0.5) is 9.18 Å². The zero-order valence-corrected chi connectivity index (χ0v) is 12.2. The lowest BCUT2D eigenvalue weighted by Crippen LogP contribution is -2.36. The quantitative estimate of drug-likeness (QED) is 0.872. The number of carbonyl (C=O) groups is 1. The van der Waals surface area contributed by atoms with Crippen LogP contribution in [0.2, 0.25) is 5.02 Å². The van der Waals surface area contributed by atoms with E-state index in [1.807, 2.05) is 24.3 Å². The van der Waals surface area contributed by atoms with Gasteiger partial charge in [0.2, 0.25) is 0 Å². The zero-order chi connectivity index (χ0) is 15.1. The summed E-state index contributed by atoms with van der Waals surface area (Å²) in [6.07, 6.45) is 0.670. The average Bonchev–Trinajstić information content (AvgIpc) is 2.49. The van der Waals surface area contributed by atoms with Crippen molar-refractivity contribution in [2.45, 2.75) is 13.0 Å². The minimum atomic E-state index is -0.289. The molecule has 0 heterocycles. The van der Waals surface area contributed by atoms with Crippen molar-refractivity contribution in [1.29, 1.82) is 0 Å². The second-order valence-corrected chi connectivity index (χ2v) is 4.98. The highest BCUT2D eigenvalue weighted by Gasteiger charge is 2.02. The first-order valence-electron chi connectivity index (χ1n) is 6.65. The number of urea groups is 1. The van der Waals surface area contributed by atoms with Gasteiger partial charge in [0, 0.05) is 18.1 Å². The number of rotatable bonds is 5. The van der Waals surface area contributed by atoms with Gasteiger partial charge in [0.25, 0.3) is 0 Å². The fourth-order valence-corrected chi connectivity index (χ4v) is 2.09. The Morgan fingerprint density at radius 2 is 1.76 bits per heavy atom. The molecular weight excluding hydrogens is 291 g/mol. The summed E-state index contributed by atoms with van der Waals surface area (Å²) >= 11 is 6.03. The van der Waals surface area contributed by atoms with Crippen LogP contribution in [0.25, 0.3) is 0 Å². The van der Waals surface area contributed by atoms with E-state index in [-0.39, 0.29) is 11.8 Å². The highest BCUT2D eigenvalue weighted by Crippen LogP contribution is 2.14. The molecule has 0 spiro atoms. The summed E-state index contributed by atoms with van der Waals surface area (Å²) in [7, 11) is 0.